The van der Waals surface area contributed by atoms with Crippen LogP contribution in [-0.4, -0.2) is 16.9 Å². The summed E-state index contributed by atoms with van der Waals surface area (Å²) < 4.78 is 0. The van der Waals surface area contributed by atoms with Crippen LogP contribution in [-0.2, 0) is 9.59 Å². The van der Waals surface area contributed by atoms with Crippen molar-refractivity contribution < 1.29 is 14.7 Å². The van der Waals surface area contributed by atoms with E-state index in [1.165, 1.54) is 99.8 Å². The van der Waals surface area contributed by atoms with E-state index in [-0.39, 0.29) is 22.0 Å². The molecule has 0 saturated carbocycles. The van der Waals surface area contributed by atoms with Gasteiger partial charge in [-0.3, -0.25) is 4.79 Å². The van der Waals surface area contributed by atoms with Crippen LogP contribution >= 0.6 is 0 Å². The second-order valence-corrected chi connectivity index (χ2v) is 25.0. The summed E-state index contributed by atoms with van der Waals surface area (Å²) in [5, 5.41) is 8.87. The van der Waals surface area contributed by atoms with Crippen LogP contribution in [0.4, 0.5) is 0 Å². The number of ketones is 1. The van der Waals surface area contributed by atoms with Crippen LogP contribution in [0.3, 0.4) is 0 Å². The molecule has 3 nitrogen and oxygen atoms in total. The van der Waals surface area contributed by atoms with E-state index in [4.69, 9.17) is 5.11 Å². The van der Waals surface area contributed by atoms with E-state index in [1.54, 1.807) is 19.1 Å². The first-order valence-corrected chi connectivity index (χ1v) is 30.1. The molecule has 0 bridgehead atoms. The Morgan fingerprint density at radius 3 is 0.892 bits per heavy atom. The van der Waals surface area contributed by atoms with Crippen LogP contribution in [0, 0.1) is 16.2 Å². The Morgan fingerprint density at radius 2 is 0.602 bits per heavy atom. The number of hydrogen-bond acceptors (Lipinski definition) is 2. The Balaban J connectivity index is 0.000000567. The van der Waals surface area contributed by atoms with Crippen molar-refractivity contribution in [3.8, 4) is 0 Å². The molecule has 3 rings (SSSR count). The second kappa shape index (κ2) is 37.2. The molecule has 0 unspecified atom stereocenters. The molecule has 83 heavy (non-hydrogen) atoms. The average molecular weight is 1120 g/mol. The molecular weight excluding hydrogens is 1010 g/mol. The monoisotopic (exact) mass is 1110 g/mol. The SMILES string of the molecule is CC1=C(/C=C/C(C)=C/C=C/C(C)=C/C=C/C=C(C)/C=C/C=C(C)/C=C/C2=C(C)C(=O)CCC2(C)C)C(C)(C)CCC1.CC1=C(/C=C/C(C)=C/C=C/C(C)=C/C=C/C=C(C)/C=C/C=C(C)/C=C/C=C(C)/C=C/C=C(\C)C(=O)O)C(C)(C)CCC1. The van der Waals surface area contributed by atoms with Gasteiger partial charge in [0.05, 0.1) is 0 Å². The molecule has 0 saturated heterocycles. The molecule has 0 atom stereocenters. The lowest BCUT2D eigenvalue weighted by Gasteiger charge is -2.33. The van der Waals surface area contributed by atoms with Crippen LogP contribution in [0.1, 0.15) is 183 Å². The van der Waals surface area contributed by atoms with Crippen LogP contribution in [0.2, 0.25) is 0 Å². The van der Waals surface area contributed by atoms with E-state index in [0.717, 1.165) is 28.7 Å². The van der Waals surface area contributed by atoms with Gasteiger partial charge >= 0.3 is 5.97 Å². The van der Waals surface area contributed by atoms with Gasteiger partial charge in [-0.05, 0) is 173 Å². The zero-order chi connectivity index (χ0) is 62.2. The summed E-state index contributed by atoms with van der Waals surface area (Å²) in [5.74, 6) is -0.622. The number of hydrogen-bond donors (Lipinski definition) is 1. The molecule has 0 aromatic heterocycles. The fraction of sp³-hybridized carbons (Fsp3) is 0.375. The quantitative estimate of drug-likeness (QED) is 0.0819. The first-order chi connectivity index (χ1) is 39.0. The molecule has 0 radical (unpaired) electrons. The predicted molar refractivity (Wildman–Crippen MR) is 367 cm³/mol. The van der Waals surface area contributed by atoms with Gasteiger partial charge in [0.25, 0.3) is 0 Å². The Hall–Kier alpha value is -7.10. The van der Waals surface area contributed by atoms with Crippen molar-refractivity contribution in [2.24, 2.45) is 16.2 Å². The highest BCUT2D eigenvalue weighted by molar-refractivity contribution is 5.97. The zero-order valence-electron chi connectivity index (χ0n) is 54.9. The summed E-state index contributed by atoms with van der Waals surface area (Å²) >= 11 is 0. The van der Waals surface area contributed by atoms with E-state index in [2.05, 4.69) is 269 Å². The molecule has 0 aromatic rings. The first kappa shape index (κ1) is 72.0. The summed E-state index contributed by atoms with van der Waals surface area (Å²) in [5.41, 5.74) is 19.7. The zero-order valence-corrected chi connectivity index (χ0v) is 54.9. The molecular formula is C80H106O3. The lowest BCUT2D eigenvalue weighted by molar-refractivity contribution is -0.132. The standard InChI is InChI=1S/C40H52O2.C40H54O/c1-31(19-12-21-33(3)22-13-23-34(4)25-15-26-37(7)39(41)42)17-10-11-18-32(2)20-14-24-35(5)28-29-38-36(6)27-16-30-40(38,8)9;1-30(18-13-20-32(3)23-25-36-34(5)22-15-28-39(36,7)8)16-11-12-17-31(2)19-14-21-33(4)24-26-37-35(6)38(41)27-29-40(37,9)10/h10-15,17-26,28-29H,16,27,30H2,1-9H3,(H,41,42);11-14,16-21,23-26H,15,22,27-29H2,1-10H3/b11-10+,19-12+,20-14+,22-13+,25-15+,29-28+,31-17+,32-18+,33-21+,34-23+,35-24+,37-26+;12-11+,18-13+,19-14+,25-23+,26-24+,30-16+,31-17+,32-20+,33-21+. The molecule has 3 aliphatic carbocycles. The molecule has 444 valence electrons. The van der Waals surface area contributed by atoms with Gasteiger partial charge in [-0.15, -0.1) is 0 Å². The average Bonchev–Trinajstić information content (AvgIpc) is 3.57. The highest BCUT2D eigenvalue weighted by Gasteiger charge is 2.31. The fourth-order valence-electron chi connectivity index (χ4n) is 9.92. The maximum Gasteiger partial charge on any atom is 0.331 e. The van der Waals surface area contributed by atoms with Gasteiger partial charge in [-0.1, -0.05) is 297 Å². The van der Waals surface area contributed by atoms with E-state index in [9.17, 15) is 9.59 Å². The summed E-state index contributed by atoms with van der Waals surface area (Å²) in [4.78, 5) is 23.0. The van der Waals surface area contributed by atoms with Crippen LogP contribution in [0.25, 0.3) is 0 Å². The number of Topliss-reactive ketones (excluding diaryl/α,β-unsaturated/α-hetero) is 1. The van der Waals surface area contributed by atoms with Crippen molar-refractivity contribution in [1.29, 1.82) is 0 Å². The Kier molecular flexibility index (Phi) is 32.2. The third-order valence-corrected chi connectivity index (χ3v) is 15.4. The summed E-state index contributed by atoms with van der Waals surface area (Å²) in [6.07, 6.45) is 76.0. The number of carboxylic acid groups (broad SMARTS) is 1. The van der Waals surface area contributed by atoms with Crippen molar-refractivity contribution in [3.63, 3.8) is 0 Å². The van der Waals surface area contributed by atoms with Crippen LogP contribution < -0.4 is 0 Å². The van der Waals surface area contributed by atoms with E-state index >= 15 is 0 Å². The highest BCUT2D eigenvalue weighted by atomic mass is 16.4. The fourth-order valence-corrected chi connectivity index (χ4v) is 9.92. The number of carbonyl (C=O) groups excluding carboxylic acids is 1. The van der Waals surface area contributed by atoms with E-state index < -0.39 is 5.97 Å². The molecule has 0 heterocycles. The minimum Gasteiger partial charge on any atom is -0.478 e. The predicted octanol–water partition coefficient (Wildman–Crippen LogP) is 23.4. The minimum atomic E-state index is -0.902. The largest absolute Gasteiger partial charge is 0.478 e. The Labute approximate surface area is 506 Å². The lowest BCUT2D eigenvalue weighted by Crippen LogP contribution is -2.24. The van der Waals surface area contributed by atoms with Gasteiger partial charge < -0.3 is 5.11 Å². The van der Waals surface area contributed by atoms with Gasteiger partial charge in [0.15, 0.2) is 5.78 Å². The second-order valence-electron chi connectivity index (χ2n) is 25.0. The van der Waals surface area contributed by atoms with Crippen molar-refractivity contribution in [1.82, 2.24) is 0 Å². The van der Waals surface area contributed by atoms with Crippen molar-refractivity contribution in [2.45, 2.75) is 183 Å². The summed E-state index contributed by atoms with van der Waals surface area (Å²) in [6.45, 7) is 40.9. The first-order valence-electron chi connectivity index (χ1n) is 30.1. The Bertz CT molecular complexity index is 3040. The maximum atomic E-state index is 12.2. The lowest BCUT2D eigenvalue weighted by atomic mass is 9.72. The molecule has 1 N–H and O–H groups in total. The molecule has 0 aromatic carbocycles. The van der Waals surface area contributed by atoms with Crippen LogP contribution in [0.5, 0.6) is 0 Å². The van der Waals surface area contributed by atoms with Gasteiger partial charge in [-0.25, -0.2) is 4.79 Å². The molecule has 0 aliphatic heterocycles. The number of rotatable bonds is 23. The third-order valence-electron chi connectivity index (χ3n) is 15.4. The van der Waals surface area contributed by atoms with Crippen molar-refractivity contribution >= 4 is 11.8 Å². The topological polar surface area (TPSA) is 54.4 Å². The molecule has 3 heteroatoms. The normalized spacial score (nSPS) is 20.3. The molecule has 0 spiro atoms. The molecule has 0 amide bonds. The van der Waals surface area contributed by atoms with Gasteiger partial charge in [0.1, 0.15) is 0 Å². The van der Waals surface area contributed by atoms with E-state index in [1.807, 2.05) is 38.2 Å². The third kappa shape index (κ3) is 29.6. The van der Waals surface area contributed by atoms with Crippen LogP contribution in [0.15, 0.2) is 284 Å². The van der Waals surface area contributed by atoms with Gasteiger partial charge in [0.2, 0.25) is 0 Å². The van der Waals surface area contributed by atoms with Gasteiger partial charge in [-0.2, -0.15) is 0 Å². The molecule has 3 aliphatic rings. The number of carbonyl (C=O) groups is 2. The smallest absolute Gasteiger partial charge is 0.331 e. The number of aliphatic carboxylic acids is 1. The Morgan fingerprint density at radius 1 is 0.349 bits per heavy atom. The van der Waals surface area contributed by atoms with Crippen molar-refractivity contribution in [3.05, 3.63) is 284 Å². The molecule has 0 fully saturated rings. The van der Waals surface area contributed by atoms with Gasteiger partial charge in [0, 0.05) is 12.0 Å². The number of carboxylic acids is 1. The van der Waals surface area contributed by atoms with E-state index in [0.29, 0.717) is 12.0 Å². The minimum absolute atomic E-state index is 0.0507. The van der Waals surface area contributed by atoms with Crippen molar-refractivity contribution in [2.75, 3.05) is 0 Å². The maximum absolute atomic E-state index is 12.2. The summed E-state index contributed by atoms with van der Waals surface area (Å²) in [6, 6.07) is 0. The summed E-state index contributed by atoms with van der Waals surface area (Å²) in [7, 11) is 0. The number of allylic oxidation sites excluding steroid dienone is 47. The highest BCUT2D eigenvalue weighted by Crippen LogP contribution is 2.42.